The molecule has 0 saturated heterocycles. The van der Waals surface area contributed by atoms with Gasteiger partial charge in [0.05, 0.1) is 16.7 Å². The molecule has 0 unspecified atom stereocenters. The van der Waals surface area contributed by atoms with Crippen LogP contribution in [0.5, 0.6) is 0 Å². The van der Waals surface area contributed by atoms with Crippen molar-refractivity contribution in [2.24, 2.45) is 5.73 Å². The minimum atomic E-state index is -5.00. The lowest BCUT2D eigenvalue weighted by Gasteiger charge is -2.13. The van der Waals surface area contributed by atoms with Crippen LogP contribution in [0.25, 0.3) is 23.2 Å². The summed E-state index contributed by atoms with van der Waals surface area (Å²) >= 11 is 0. The maximum atomic E-state index is 13.0. The molecule has 6 nitrogen and oxygen atoms in total. The third-order valence-electron chi connectivity index (χ3n) is 3.85. The zero-order valence-electron chi connectivity index (χ0n) is 14.7. The van der Waals surface area contributed by atoms with Crippen LogP contribution >= 0.6 is 0 Å². The van der Waals surface area contributed by atoms with E-state index in [1.807, 2.05) is 0 Å². The number of amides is 1. The molecule has 0 aliphatic heterocycles. The molecule has 0 aliphatic carbocycles. The van der Waals surface area contributed by atoms with Gasteiger partial charge in [-0.15, -0.1) is 5.10 Å². The van der Waals surface area contributed by atoms with Gasteiger partial charge in [0.15, 0.2) is 5.82 Å². The minimum absolute atomic E-state index is 0.00793. The number of pyridine rings is 1. The molecule has 0 radical (unpaired) electrons. The Hall–Kier alpha value is -3.70. The molecule has 2 heterocycles. The van der Waals surface area contributed by atoms with Gasteiger partial charge in [-0.25, -0.2) is 9.67 Å². The van der Waals surface area contributed by atoms with E-state index in [0.717, 1.165) is 17.2 Å². The molecule has 0 atom stereocenters. The first-order valence-corrected chi connectivity index (χ1v) is 8.08. The highest BCUT2D eigenvalue weighted by atomic mass is 19.4. The van der Waals surface area contributed by atoms with Crippen LogP contribution in [0.4, 0.5) is 26.3 Å². The summed E-state index contributed by atoms with van der Waals surface area (Å²) < 4.78 is 79.1. The topological polar surface area (TPSA) is 86.7 Å². The van der Waals surface area contributed by atoms with Crippen molar-refractivity contribution in [1.82, 2.24) is 19.7 Å². The van der Waals surface area contributed by atoms with E-state index in [2.05, 4.69) is 15.1 Å². The average Bonchev–Trinajstić information content (AvgIpc) is 3.13. The number of carbonyl (C=O) groups excluding carboxylic acids is 1. The zero-order valence-corrected chi connectivity index (χ0v) is 14.7. The number of aromatic nitrogens is 4. The van der Waals surface area contributed by atoms with Gasteiger partial charge in [0, 0.05) is 29.7 Å². The number of rotatable bonds is 4. The molecule has 12 heteroatoms. The van der Waals surface area contributed by atoms with Crippen molar-refractivity contribution >= 4 is 17.7 Å². The molecule has 2 N–H and O–H groups in total. The van der Waals surface area contributed by atoms with Crippen LogP contribution in [-0.4, -0.2) is 25.7 Å². The Bertz CT molecular complexity index is 1070. The monoisotopic (exact) mass is 427 g/mol. The predicted molar refractivity (Wildman–Crippen MR) is 93.1 cm³/mol. The summed E-state index contributed by atoms with van der Waals surface area (Å²) in [6.07, 6.45) is -5.05. The quantitative estimate of drug-likeness (QED) is 0.506. The van der Waals surface area contributed by atoms with Gasteiger partial charge in [0.25, 0.3) is 5.91 Å². The highest BCUT2D eigenvalue weighted by molar-refractivity contribution is 6.22. The smallest absolute Gasteiger partial charge is 0.366 e. The molecular weight excluding hydrogens is 416 g/mol. The zero-order chi connectivity index (χ0) is 22.1. The SMILES string of the molecule is NC(=O)/C(=C\n1cnc(-c2cc(C(F)(F)F)cc(C(F)(F)F)c2)n1)c1cccnc1. The molecule has 0 aliphatic rings. The summed E-state index contributed by atoms with van der Waals surface area (Å²) in [6.45, 7) is 0. The Morgan fingerprint density at radius 1 is 1.03 bits per heavy atom. The van der Waals surface area contributed by atoms with Gasteiger partial charge in [-0.1, -0.05) is 6.07 Å². The second-order valence-corrected chi connectivity index (χ2v) is 5.99. The van der Waals surface area contributed by atoms with Crippen molar-refractivity contribution in [3.63, 3.8) is 0 Å². The van der Waals surface area contributed by atoms with Gasteiger partial charge in [-0.05, 0) is 24.3 Å². The molecule has 30 heavy (non-hydrogen) atoms. The van der Waals surface area contributed by atoms with E-state index < -0.39 is 40.8 Å². The molecule has 3 aromatic rings. The Balaban J connectivity index is 2.06. The number of halogens is 6. The molecule has 0 saturated carbocycles. The van der Waals surface area contributed by atoms with Crippen LogP contribution in [0.15, 0.2) is 49.1 Å². The number of benzene rings is 1. The first-order valence-electron chi connectivity index (χ1n) is 8.08. The number of alkyl halides is 6. The number of hydrogen-bond donors (Lipinski definition) is 1. The van der Waals surface area contributed by atoms with E-state index in [-0.39, 0.29) is 11.6 Å². The van der Waals surface area contributed by atoms with Gasteiger partial charge in [0.2, 0.25) is 0 Å². The number of nitrogens with two attached hydrogens (primary N) is 1. The minimum Gasteiger partial charge on any atom is -0.366 e. The summed E-state index contributed by atoms with van der Waals surface area (Å²) in [4.78, 5) is 19.3. The van der Waals surface area contributed by atoms with Crippen molar-refractivity contribution in [2.45, 2.75) is 12.4 Å². The Morgan fingerprint density at radius 2 is 1.67 bits per heavy atom. The normalized spacial score (nSPS) is 12.8. The molecule has 0 bridgehead atoms. The number of primary amides is 1. The van der Waals surface area contributed by atoms with Crippen molar-refractivity contribution in [3.8, 4) is 11.4 Å². The van der Waals surface area contributed by atoms with Gasteiger partial charge in [0.1, 0.15) is 6.33 Å². The van der Waals surface area contributed by atoms with Crippen LogP contribution in [0.3, 0.4) is 0 Å². The Morgan fingerprint density at radius 3 is 2.17 bits per heavy atom. The number of nitrogens with zero attached hydrogens (tertiary/aromatic N) is 4. The van der Waals surface area contributed by atoms with Crippen molar-refractivity contribution in [2.75, 3.05) is 0 Å². The fourth-order valence-corrected chi connectivity index (χ4v) is 2.49. The second-order valence-electron chi connectivity index (χ2n) is 5.99. The lowest BCUT2D eigenvalue weighted by molar-refractivity contribution is -0.143. The number of hydrogen-bond acceptors (Lipinski definition) is 4. The maximum absolute atomic E-state index is 13.0. The van der Waals surface area contributed by atoms with Crippen molar-refractivity contribution in [3.05, 3.63) is 65.7 Å². The average molecular weight is 427 g/mol. The fraction of sp³-hybridized carbons (Fsp3) is 0.111. The molecule has 2 aromatic heterocycles. The lowest BCUT2D eigenvalue weighted by atomic mass is 10.0. The van der Waals surface area contributed by atoms with Crippen LogP contribution < -0.4 is 5.73 Å². The second kappa shape index (κ2) is 7.61. The molecule has 3 rings (SSSR count). The van der Waals surface area contributed by atoms with Crippen LogP contribution in [0.1, 0.15) is 16.7 Å². The molecule has 1 amide bonds. The number of carbonyl (C=O) groups is 1. The van der Waals surface area contributed by atoms with E-state index in [1.165, 1.54) is 18.5 Å². The standard InChI is InChI=1S/C18H11F6N5O/c19-17(20,21)12-4-11(5-13(6-12)18(22,23)24)16-27-9-29(28-16)8-14(15(25)30)10-2-1-3-26-7-10/h1-9H,(H2,25,30)/b14-8-. The van der Waals surface area contributed by atoms with Gasteiger partial charge < -0.3 is 5.73 Å². The first kappa shape index (κ1) is 21.0. The van der Waals surface area contributed by atoms with E-state index >= 15 is 0 Å². The summed E-state index contributed by atoms with van der Waals surface area (Å²) in [6, 6.07) is 4.10. The predicted octanol–water partition coefficient (Wildman–Crippen LogP) is 3.86. The fourth-order valence-electron chi connectivity index (χ4n) is 2.49. The first-order chi connectivity index (χ1) is 13.9. The lowest BCUT2D eigenvalue weighted by Crippen LogP contribution is -2.14. The van der Waals surface area contributed by atoms with Crippen LogP contribution in [0, 0.1) is 0 Å². The maximum Gasteiger partial charge on any atom is 0.416 e. The third kappa shape index (κ3) is 4.64. The largest absolute Gasteiger partial charge is 0.416 e. The Kier molecular flexibility index (Phi) is 5.33. The van der Waals surface area contributed by atoms with Crippen LogP contribution in [-0.2, 0) is 17.1 Å². The molecule has 1 aromatic carbocycles. The summed E-state index contributed by atoms with van der Waals surface area (Å²) in [7, 11) is 0. The van der Waals surface area contributed by atoms with Crippen molar-refractivity contribution in [1.29, 1.82) is 0 Å². The summed E-state index contributed by atoms with van der Waals surface area (Å²) in [5.74, 6) is -1.25. The third-order valence-corrected chi connectivity index (χ3v) is 3.85. The van der Waals surface area contributed by atoms with Gasteiger partial charge in [-0.2, -0.15) is 26.3 Å². The van der Waals surface area contributed by atoms with E-state index in [4.69, 9.17) is 5.73 Å². The Labute approximate surface area is 164 Å². The highest BCUT2D eigenvalue weighted by Gasteiger charge is 2.37. The van der Waals surface area contributed by atoms with Crippen LogP contribution in [0.2, 0.25) is 0 Å². The van der Waals surface area contributed by atoms with Crippen molar-refractivity contribution < 1.29 is 31.1 Å². The van der Waals surface area contributed by atoms with E-state index in [9.17, 15) is 31.1 Å². The molecule has 156 valence electrons. The van der Waals surface area contributed by atoms with Gasteiger partial charge >= 0.3 is 12.4 Å². The summed E-state index contributed by atoms with van der Waals surface area (Å²) in [5, 5.41) is 3.84. The molecule has 0 spiro atoms. The van der Waals surface area contributed by atoms with E-state index in [1.54, 1.807) is 6.07 Å². The van der Waals surface area contributed by atoms with Gasteiger partial charge in [-0.3, -0.25) is 9.78 Å². The van der Waals surface area contributed by atoms with E-state index in [0.29, 0.717) is 17.7 Å². The summed E-state index contributed by atoms with van der Waals surface area (Å²) in [5.41, 5.74) is 2.13. The highest BCUT2D eigenvalue weighted by Crippen LogP contribution is 2.38. The molecule has 0 fully saturated rings. The molecular formula is C18H11F6N5O.